The number of benzene rings is 1. The summed E-state index contributed by atoms with van der Waals surface area (Å²) in [5, 5.41) is 8.97. The lowest BCUT2D eigenvalue weighted by Gasteiger charge is -2.18. The van der Waals surface area contributed by atoms with Crippen molar-refractivity contribution in [3.05, 3.63) is 28.2 Å². The molecular formula is C12H13BrN2O. The van der Waals surface area contributed by atoms with Gasteiger partial charge < -0.3 is 10.5 Å². The van der Waals surface area contributed by atoms with Gasteiger partial charge in [0.15, 0.2) is 0 Å². The third kappa shape index (κ3) is 2.37. The lowest BCUT2D eigenvalue weighted by molar-refractivity contribution is 0.191. The zero-order valence-electron chi connectivity index (χ0n) is 8.82. The van der Waals surface area contributed by atoms with E-state index in [1.165, 1.54) is 0 Å². The van der Waals surface area contributed by atoms with Crippen LogP contribution >= 0.6 is 15.9 Å². The molecule has 0 spiro atoms. The molecule has 1 aliphatic rings. The van der Waals surface area contributed by atoms with Crippen molar-refractivity contribution in [2.45, 2.75) is 31.4 Å². The standard InChI is InChI=1S/C12H13BrN2O/c13-9-5-4-8(7-14)12(6-9)16-11-3-1-2-10(11)15/h4-6,10-11H,1-3,15H2. The zero-order chi connectivity index (χ0) is 11.5. The van der Waals surface area contributed by atoms with Crippen LogP contribution in [0, 0.1) is 11.3 Å². The Morgan fingerprint density at radius 2 is 2.25 bits per heavy atom. The van der Waals surface area contributed by atoms with Crippen LogP contribution in [0.1, 0.15) is 24.8 Å². The smallest absolute Gasteiger partial charge is 0.138 e. The number of nitriles is 1. The molecule has 84 valence electrons. The second kappa shape index (κ2) is 4.86. The predicted molar refractivity (Wildman–Crippen MR) is 65.1 cm³/mol. The summed E-state index contributed by atoms with van der Waals surface area (Å²) < 4.78 is 6.72. The van der Waals surface area contributed by atoms with E-state index in [9.17, 15) is 0 Å². The van der Waals surface area contributed by atoms with Gasteiger partial charge in [0.2, 0.25) is 0 Å². The fourth-order valence-electron chi connectivity index (χ4n) is 1.95. The molecule has 2 N–H and O–H groups in total. The van der Waals surface area contributed by atoms with E-state index >= 15 is 0 Å². The number of rotatable bonds is 2. The van der Waals surface area contributed by atoms with Crippen molar-refractivity contribution in [3.8, 4) is 11.8 Å². The number of nitrogens with two attached hydrogens (primary N) is 1. The van der Waals surface area contributed by atoms with E-state index in [0.717, 1.165) is 23.7 Å². The molecule has 0 aromatic heterocycles. The molecule has 1 saturated carbocycles. The lowest BCUT2D eigenvalue weighted by Crippen LogP contribution is -2.33. The van der Waals surface area contributed by atoms with Crippen molar-refractivity contribution >= 4 is 15.9 Å². The molecule has 1 aliphatic carbocycles. The SMILES string of the molecule is N#Cc1ccc(Br)cc1OC1CCCC1N. The van der Waals surface area contributed by atoms with Crippen LogP contribution < -0.4 is 10.5 Å². The molecule has 0 radical (unpaired) electrons. The molecule has 0 amide bonds. The van der Waals surface area contributed by atoms with E-state index in [4.69, 9.17) is 15.7 Å². The molecule has 16 heavy (non-hydrogen) atoms. The Bertz CT molecular complexity index is 428. The number of hydrogen-bond acceptors (Lipinski definition) is 3. The molecule has 1 fully saturated rings. The minimum absolute atomic E-state index is 0.0430. The van der Waals surface area contributed by atoms with Gasteiger partial charge in [-0.25, -0.2) is 0 Å². The van der Waals surface area contributed by atoms with Gasteiger partial charge in [0, 0.05) is 10.5 Å². The Balaban J connectivity index is 2.20. The van der Waals surface area contributed by atoms with Gasteiger partial charge in [-0.1, -0.05) is 15.9 Å². The highest BCUT2D eigenvalue weighted by Gasteiger charge is 2.26. The Hall–Kier alpha value is -1.05. The summed E-state index contributed by atoms with van der Waals surface area (Å²) >= 11 is 3.37. The summed E-state index contributed by atoms with van der Waals surface area (Å²) in [4.78, 5) is 0. The third-order valence-electron chi connectivity index (χ3n) is 2.85. The van der Waals surface area contributed by atoms with Crippen LogP contribution in [0.5, 0.6) is 5.75 Å². The highest BCUT2D eigenvalue weighted by molar-refractivity contribution is 9.10. The number of ether oxygens (including phenoxy) is 1. The molecule has 0 saturated heterocycles. The van der Waals surface area contributed by atoms with Crippen molar-refractivity contribution < 1.29 is 4.74 Å². The molecular weight excluding hydrogens is 268 g/mol. The monoisotopic (exact) mass is 280 g/mol. The summed E-state index contributed by atoms with van der Waals surface area (Å²) in [5.74, 6) is 0.624. The van der Waals surface area contributed by atoms with Gasteiger partial charge in [0.25, 0.3) is 0 Å². The van der Waals surface area contributed by atoms with Gasteiger partial charge in [0.1, 0.15) is 17.9 Å². The first-order chi connectivity index (χ1) is 7.70. The summed E-state index contributed by atoms with van der Waals surface area (Å²) in [6.45, 7) is 0. The Morgan fingerprint density at radius 3 is 2.88 bits per heavy atom. The van der Waals surface area contributed by atoms with Crippen LogP contribution in [-0.2, 0) is 0 Å². The van der Waals surface area contributed by atoms with Crippen molar-refractivity contribution in [3.63, 3.8) is 0 Å². The van der Waals surface area contributed by atoms with Crippen molar-refractivity contribution in [1.29, 1.82) is 5.26 Å². The van der Waals surface area contributed by atoms with E-state index in [1.807, 2.05) is 12.1 Å². The third-order valence-corrected chi connectivity index (χ3v) is 3.34. The molecule has 0 aliphatic heterocycles. The van der Waals surface area contributed by atoms with Crippen molar-refractivity contribution in [2.24, 2.45) is 5.73 Å². The first-order valence-corrected chi connectivity index (χ1v) is 6.12. The van der Waals surface area contributed by atoms with E-state index in [-0.39, 0.29) is 12.1 Å². The second-order valence-corrected chi connectivity index (χ2v) is 4.92. The van der Waals surface area contributed by atoms with Gasteiger partial charge in [0.05, 0.1) is 5.56 Å². The van der Waals surface area contributed by atoms with Crippen LogP contribution in [0.15, 0.2) is 22.7 Å². The van der Waals surface area contributed by atoms with Gasteiger partial charge in [-0.3, -0.25) is 0 Å². The summed E-state index contributed by atoms with van der Waals surface area (Å²) in [7, 11) is 0. The van der Waals surface area contributed by atoms with E-state index in [0.29, 0.717) is 11.3 Å². The fraction of sp³-hybridized carbons (Fsp3) is 0.417. The summed E-state index contributed by atoms with van der Waals surface area (Å²) in [6, 6.07) is 7.62. The number of hydrogen-bond donors (Lipinski definition) is 1. The van der Waals surface area contributed by atoms with Crippen LogP contribution in [0.2, 0.25) is 0 Å². The molecule has 2 unspecified atom stereocenters. The summed E-state index contributed by atoms with van der Waals surface area (Å²) in [5.41, 5.74) is 6.49. The van der Waals surface area contributed by atoms with Gasteiger partial charge in [-0.05, 0) is 37.5 Å². The van der Waals surface area contributed by atoms with Crippen molar-refractivity contribution in [1.82, 2.24) is 0 Å². The first-order valence-electron chi connectivity index (χ1n) is 5.32. The molecule has 4 heteroatoms. The minimum Gasteiger partial charge on any atom is -0.487 e. The Morgan fingerprint density at radius 1 is 1.44 bits per heavy atom. The van der Waals surface area contributed by atoms with E-state index < -0.39 is 0 Å². The van der Waals surface area contributed by atoms with E-state index in [2.05, 4.69) is 22.0 Å². The zero-order valence-corrected chi connectivity index (χ0v) is 10.4. The Kier molecular flexibility index (Phi) is 3.47. The maximum atomic E-state index is 8.97. The van der Waals surface area contributed by atoms with E-state index in [1.54, 1.807) is 6.07 Å². The van der Waals surface area contributed by atoms with Gasteiger partial charge in [-0.15, -0.1) is 0 Å². The summed E-state index contributed by atoms with van der Waals surface area (Å²) in [6.07, 6.45) is 3.11. The molecule has 2 rings (SSSR count). The first kappa shape index (κ1) is 11.4. The molecule has 2 atom stereocenters. The lowest BCUT2D eigenvalue weighted by atomic mass is 10.2. The average Bonchev–Trinajstić information content (AvgIpc) is 2.65. The second-order valence-electron chi connectivity index (χ2n) is 4.00. The highest BCUT2D eigenvalue weighted by atomic mass is 79.9. The van der Waals surface area contributed by atoms with Gasteiger partial charge in [-0.2, -0.15) is 5.26 Å². The quantitative estimate of drug-likeness (QED) is 0.906. The van der Waals surface area contributed by atoms with Crippen molar-refractivity contribution in [2.75, 3.05) is 0 Å². The molecule has 1 aromatic rings. The molecule has 1 aromatic carbocycles. The van der Waals surface area contributed by atoms with Crippen LogP contribution in [0.4, 0.5) is 0 Å². The van der Waals surface area contributed by atoms with Crippen LogP contribution in [0.3, 0.4) is 0 Å². The maximum Gasteiger partial charge on any atom is 0.138 e. The molecule has 0 bridgehead atoms. The molecule has 3 nitrogen and oxygen atoms in total. The predicted octanol–water partition coefficient (Wildman–Crippen LogP) is 2.58. The normalized spacial score (nSPS) is 24.1. The van der Waals surface area contributed by atoms with Gasteiger partial charge >= 0.3 is 0 Å². The Labute approximate surface area is 103 Å². The van der Waals surface area contributed by atoms with Crippen LogP contribution in [-0.4, -0.2) is 12.1 Å². The largest absolute Gasteiger partial charge is 0.487 e. The minimum atomic E-state index is 0.0430. The molecule has 0 heterocycles. The maximum absolute atomic E-state index is 8.97. The van der Waals surface area contributed by atoms with Crippen LogP contribution in [0.25, 0.3) is 0 Å². The number of halogens is 1. The fourth-order valence-corrected chi connectivity index (χ4v) is 2.29. The highest BCUT2D eigenvalue weighted by Crippen LogP contribution is 2.28. The number of nitrogens with zero attached hydrogens (tertiary/aromatic N) is 1. The average molecular weight is 281 g/mol. The topological polar surface area (TPSA) is 59.0 Å².